The first-order valence-corrected chi connectivity index (χ1v) is 8.67. The Morgan fingerprint density at radius 1 is 1.55 bits per heavy atom. The van der Waals surface area contributed by atoms with Gasteiger partial charge in [0.2, 0.25) is 0 Å². The van der Waals surface area contributed by atoms with Gasteiger partial charge in [-0.25, -0.2) is 0 Å². The molecule has 122 valence electrons. The minimum Gasteiger partial charge on any atom is -0.469 e. The molecule has 0 amide bonds. The molecule has 0 aromatic carbocycles. The quantitative estimate of drug-likeness (QED) is 0.511. The molecule has 1 aromatic heterocycles. The smallest absolute Gasteiger partial charge is 0.310 e. The van der Waals surface area contributed by atoms with E-state index in [4.69, 9.17) is 9.73 Å². The number of hydrogen-bond donors (Lipinski definition) is 1. The van der Waals surface area contributed by atoms with Gasteiger partial charge in [0.15, 0.2) is 5.96 Å². The van der Waals surface area contributed by atoms with Crippen LogP contribution in [0.1, 0.15) is 18.7 Å². The largest absolute Gasteiger partial charge is 0.469 e. The third-order valence-corrected chi connectivity index (χ3v) is 4.89. The molecule has 22 heavy (non-hydrogen) atoms. The number of nitrogens with one attached hydrogen (secondary N) is 1. The molecular weight excluding hydrogens is 298 g/mol. The number of methoxy groups -OCH3 is 1. The number of rotatable bonds is 5. The zero-order valence-electron chi connectivity index (χ0n) is 13.5. The van der Waals surface area contributed by atoms with Gasteiger partial charge in [0, 0.05) is 37.5 Å². The van der Waals surface area contributed by atoms with E-state index in [-0.39, 0.29) is 17.8 Å². The minimum atomic E-state index is -0.121. The predicted octanol–water partition coefficient (Wildman–Crippen LogP) is 2.00. The van der Waals surface area contributed by atoms with Gasteiger partial charge in [-0.2, -0.15) is 0 Å². The van der Waals surface area contributed by atoms with Gasteiger partial charge in [-0.1, -0.05) is 13.0 Å². The molecule has 2 atom stereocenters. The summed E-state index contributed by atoms with van der Waals surface area (Å²) in [5, 5.41) is 5.42. The molecule has 0 bridgehead atoms. The molecule has 5 nitrogen and oxygen atoms in total. The molecule has 0 radical (unpaired) electrons. The molecular formula is C16H25N3O2S. The van der Waals surface area contributed by atoms with Crippen LogP contribution in [0, 0.1) is 11.8 Å². The van der Waals surface area contributed by atoms with Gasteiger partial charge >= 0.3 is 5.97 Å². The molecule has 1 aromatic rings. The van der Waals surface area contributed by atoms with Crippen molar-refractivity contribution < 1.29 is 9.53 Å². The lowest BCUT2D eigenvalue weighted by Crippen LogP contribution is -2.40. The number of carbonyl (C=O) groups is 1. The van der Waals surface area contributed by atoms with Crippen LogP contribution in [-0.4, -0.2) is 50.1 Å². The van der Waals surface area contributed by atoms with Crippen molar-refractivity contribution in [3.63, 3.8) is 0 Å². The summed E-state index contributed by atoms with van der Waals surface area (Å²) in [5.41, 5.74) is 0. The average molecular weight is 323 g/mol. The molecule has 0 saturated carbocycles. The highest BCUT2D eigenvalue weighted by atomic mass is 32.1. The van der Waals surface area contributed by atoms with Crippen molar-refractivity contribution in [3.05, 3.63) is 22.4 Å². The van der Waals surface area contributed by atoms with Crippen LogP contribution in [0.25, 0.3) is 0 Å². The lowest BCUT2D eigenvalue weighted by molar-refractivity contribution is -0.145. The van der Waals surface area contributed by atoms with Gasteiger partial charge < -0.3 is 15.0 Å². The lowest BCUT2D eigenvalue weighted by atomic mass is 9.99. The Balaban J connectivity index is 1.97. The van der Waals surface area contributed by atoms with Gasteiger partial charge in [-0.05, 0) is 24.3 Å². The van der Waals surface area contributed by atoms with Gasteiger partial charge in [0.05, 0.1) is 13.0 Å². The Bertz CT molecular complexity index is 501. The first-order chi connectivity index (χ1) is 10.7. The van der Waals surface area contributed by atoms with Gasteiger partial charge in [-0.3, -0.25) is 9.79 Å². The Morgan fingerprint density at radius 2 is 2.36 bits per heavy atom. The van der Waals surface area contributed by atoms with Gasteiger partial charge in [-0.15, -0.1) is 11.3 Å². The SMILES string of the molecule is CCNC(=NCCc1cccs1)N1CC(C)C(C(=O)OC)C1. The first-order valence-electron chi connectivity index (χ1n) is 7.79. The fourth-order valence-electron chi connectivity index (χ4n) is 2.75. The van der Waals surface area contributed by atoms with E-state index in [0.29, 0.717) is 6.54 Å². The fraction of sp³-hybridized carbons (Fsp3) is 0.625. The summed E-state index contributed by atoms with van der Waals surface area (Å²) >= 11 is 1.76. The number of likely N-dealkylation sites (tertiary alicyclic amines) is 1. The topological polar surface area (TPSA) is 53.9 Å². The monoisotopic (exact) mass is 323 g/mol. The predicted molar refractivity (Wildman–Crippen MR) is 90.2 cm³/mol. The van der Waals surface area contributed by atoms with E-state index >= 15 is 0 Å². The Hall–Kier alpha value is -1.56. The number of nitrogens with zero attached hydrogens (tertiary/aromatic N) is 2. The van der Waals surface area contributed by atoms with Crippen molar-refractivity contribution >= 4 is 23.3 Å². The second-order valence-electron chi connectivity index (χ2n) is 5.58. The summed E-state index contributed by atoms with van der Waals surface area (Å²) in [7, 11) is 1.46. The van der Waals surface area contributed by atoms with Crippen LogP contribution in [0.4, 0.5) is 0 Å². The molecule has 0 aliphatic carbocycles. The summed E-state index contributed by atoms with van der Waals surface area (Å²) in [6.07, 6.45) is 0.955. The maximum absolute atomic E-state index is 11.8. The zero-order valence-corrected chi connectivity index (χ0v) is 14.4. The van der Waals surface area contributed by atoms with Gasteiger partial charge in [0.1, 0.15) is 0 Å². The van der Waals surface area contributed by atoms with Crippen LogP contribution in [-0.2, 0) is 16.0 Å². The van der Waals surface area contributed by atoms with Crippen molar-refractivity contribution in [2.45, 2.75) is 20.3 Å². The first kappa shape index (κ1) is 16.8. The number of thiophene rings is 1. The molecule has 1 saturated heterocycles. The van der Waals surface area contributed by atoms with Crippen LogP contribution < -0.4 is 5.32 Å². The van der Waals surface area contributed by atoms with E-state index in [9.17, 15) is 4.79 Å². The van der Waals surface area contributed by atoms with Gasteiger partial charge in [0.25, 0.3) is 0 Å². The van der Waals surface area contributed by atoms with E-state index in [1.54, 1.807) is 11.3 Å². The van der Waals surface area contributed by atoms with Crippen molar-refractivity contribution in [3.8, 4) is 0 Å². The van der Waals surface area contributed by atoms with Crippen LogP contribution in [0.2, 0.25) is 0 Å². The van der Waals surface area contributed by atoms with Crippen LogP contribution in [0.5, 0.6) is 0 Å². The molecule has 0 spiro atoms. The second-order valence-corrected chi connectivity index (χ2v) is 6.61. The zero-order chi connectivity index (χ0) is 15.9. The molecule has 1 aliphatic heterocycles. The summed E-state index contributed by atoms with van der Waals surface area (Å²) in [6.45, 7) is 7.26. The Kier molecular flexibility index (Phi) is 6.24. The minimum absolute atomic E-state index is 0.0637. The van der Waals surface area contributed by atoms with E-state index < -0.39 is 0 Å². The third-order valence-electron chi connectivity index (χ3n) is 3.95. The average Bonchev–Trinajstić information content (AvgIpc) is 3.15. The van der Waals surface area contributed by atoms with E-state index in [0.717, 1.165) is 32.0 Å². The number of hydrogen-bond acceptors (Lipinski definition) is 4. The molecule has 2 unspecified atom stereocenters. The fourth-order valence-corrected chi connectivity index (χ4v) is 3.45. The van der Waals surface area contributed by atoms with Crippen molar-refractivity contribution in [1.29, 1.82) is 0 Å². The normalized spacial score (nSPS) is 22.0. The molecule has 1 aliphatic rings. The molecule has 1 N–H and O–H groups in total. The third kappa shape index (κ3) is 4.22. The van der Waals surface area contributed by atoms with E-state index in [1.165, 1.54) is 12.0 Å². The highest BCUT2D eigenvalue weighted by Gasteiger charge is 2.36. The maximum Gasteiger partial charge on any atom is 0.310 e. The summed E-state index contributed by atoms with van der Waals surface area (Å²) < 4.78 is 4.90. The van der Waals surface area contributed by atoms with E-state index in [1.807, 2.05) is 0 Å². The second kappa shape index (κ2) is 8.17. The highest BCUT2D eigenvalue weighted by Crippen LogP contribution is 2.24. The van der Waals surface area contributed by atoms with Crippen molar-refractivity contribution in [2.24, 2.45) is 16.8 Å². The van der Waals surface area contributed by atoms with Crippen molar-refractivity contribution in [1.82, 2.24) is 10.2 Å². The molecule has 6 heteroatoms. The number of aliphatic imine (C=N–C) groups is 1. The van der Waals surface area contributed by atoms with Crippen LogP contribution in [0.3, 0.4) is 0 Å². The van der Waals surface area contributed by atoms with Crippen molar-refractivity contribution in [2.75, 3.05) is 33.3 Å². The Labute approximate surface area is 136 Å². The van der Waals surface area contributed by atoms with Crippen LogP contribution >= 0.6 is 11.3 Å². The van der Waals surface area contributed by atoms with E-state index in [2.05, 4.69) is 41.6 Å². The molecule has 1 fully saturated rings. The summed E-state index contributed by atoms with van der Waals surface area (Å²) in [6, 6.07) is 4.20. The summed E-state index contributed by atoms with van der Waals surface area (Å²) in [4.78, 5) is 20.0. The lowest BCUT2D eigenvalue weighted by Gasteiger charge is -2.21. The Morgan fingerprint density at radius 3 is 3.00 bits per heavy atom. The molecule has 2 heterocycles. The molecule has 2 rings (SSSR count). The number of esters is 1. The maximum atomic E-state index is 11.8. The number of ether oxygens (including phenoxy) is 1. The number of carbonyl (C=O) groups excluding carboxylic acids is 1. The highest BCUT2D eigenvalue weighted by molar-refractivity contribution is 7.09. The standard InChI is InChI=1S/C16H25N3O2S/c1-4-17-16(18-8-7-13-6-5-9-22-13)19-10-12(2)14(11-19)15(20)21-3/h5-6,9,12,14H,4,7-8,10-11H2,1-3H3,(H,17,18). The van der Waals surface area contributed by atoms with Crippen LogP contribution in [0.15, 0.2) is 22.5 Å². The number of guanidine groups is 1. The summed E-state index contributed by atoms with van der Waals surface area (Å²) in [5.74, 6) is 1.00.